The zero-order valence-corrected chi connectivity index (χ0v) is 14.6. The largest absolute Gasteiger partial charge is 0.482 e. The third-order valence-electron chi connectivity index (χ3n) is 6.58. The van der Waals surface area contributed by atoms with Crippen LogP contribution in [0.15, 0.2) is 36.9 Å². The van der Waals surface area contributed by atoms with E-state index in [0.29, 0.717) is 23.5 Å². The highest BCUT2D eigenvalue weighted by atomic mass is 16.7. The maximum Gasteiger partial charge on any atom is 0.276 e. The number of nitrogens with one attached hydrogen (secondary N) is 1. The van der Waals surface area contributed by atoms with Crippen molar-refractivity contribution >= 4 is 5.91 Å². The minimum absolute atomic E-state index is 0.226. The minimum Gasteiger partial charge on any atom is -0.482 e. The van der Waals surface area contributed by atoms with Gasteiger partial charge < -0.3 is 19.6 Å². The number of benzene rings is 1. The van der Waals surface area contributed by atoms with Crippen LogP contribution in [0.25, 0.3) is 0 Å². The number of hydroxylamine groups is 1. The monoisotopic (exact) mass is 354 g/mol. The van der Waals surface area contributed by atoms with Gasteiger partial charge in [0.15, 0.2) is 11.5 Å². The molecule has 1 amide bonds. The molecule has 6 heteroatoms. The number of piperidine rings is 1. The van der Waals surface area contributed by atoms with Crippen LogP contribution in [0.4, 0.5) is 0 Å². The zero-order chi connectivity index (χ0) is 18.1. The van der Waals surface area contributed by atoms with E-state index in [-0.39, 0.29) is 11.5 Å². The molecule has 5 atom stereocenters. The highest BCUT2D eigenvalue weighted by Crippen LogP contribution is 2.62. The number of carbonyl (C=O) groups excluding carboxylic acids is 1. The first-order valence-electron chi connectivity index (χ1n) is 9.05. The normalized spacial score (nSPS) is 36.1. The van der Waals surface area contributed by atoms with Gasteiger partial charge in [0.1, 0.15) is 12.2 Å². The van der Waals surface area contributed by atoms with Crippen LogP contribution in [0.1, 0.15) is 17.5 Å². The van der Waals surface area contributed by atoms with Gasteiger partial charge >= 0.3 is 0 Å². The molecule has 2 aliphatic heterocycles. The molecule has 0 unspecified atom stereocenters. The predicted octanol–water partition coefficient (Wildman–Crippen LogP) is 1.09. The summed E-state index contributed by atoms with van der Waals surface area (Å²) < 4.78 is 6.30. The Labute approximate surface area is 152 Å². The molecule has 5 rings (SSSR count). The second-order valence-electron chi connectivity index (χ2n) is 7.68. The maximum atomic E-state index is 11.5. The molecule has 1 spiro atoms. The maximum absolute atomic E-state index is 11.5. The molecule has 2 N–H and O–H groups in total. The summed E-state index contributed by atoms with van der Waals surface area (Å²) in [7, 11) is 2.18. The van der Waals surface area contributed by atoms with E-state index in [1.165, 1.54) is 5.56 Å². The lowest BCUT2D eigenvalue weighted by molar-refractivity contribution is -0.122. The smallest absolute Gasteiger partial charge is 0.276 e. The van der Waals surface area contributed by atoms with Crippen molar-refractivity contribution in [3.63, 3.8) is 0 Å². The Hall–Kier alpha value is -2.31. The van der Waals surface area contributed by atoms with Crippen LogP contribution >= 0.6 is 0 Å². The number of carbonyl (C=O) groups is 1. The van der Waals surface area contributed by atoms with Crippen LogP contribution in [-0.4, -0.2) is 47.8 Å². The second-order valence-corrected chi connectivity index (χ2v) is 7.68. The summed E-state index contributed by atoms with van der Waals surface area (Å²) in [6.07, 6.45) is 6.11. The topological polar surface area (TPSA) is 71.0 Å². The quantitative estimate of drug-likeness (QED) is 0.483. The molecule has 136 valence electrons. The van der Waals surface area contributed by atoms with Crippen molar-refractivity contribution in [1.29, 1.82) is 0 Å². The van der Waals surface area contributed by atoms with E-state index in [9.17, 15) is 9.90 Å². The van der Waals surface area contributed by atoms with Crippen LogP contribution in [0.5, 0.6) is 11.5 Å². The Bertz CT molecular complexity index is 835. The first-order valence-corrected chi connectivity index (χ1v) is 9.05. The third kappa shape index (κ3) is 1.86. The number of aliphatic hydroxyl groups is 1. The van der Waals surface area contributed by atoms with Crippen LogP contribution in [0, 0.1) is 5.92 Å². The molecule has 4 aliphatic rings. The van der Waals surface area contributed by atoms with Crippen molar-refractivity contribution in [3.05, 3.63) is 48.1 Å². The van der Waals surface area contributed by atoms with Gasteiger partial charge in [-0.15, -0.1) is 0 Å². The van der Waals surface area contributed by atoms with E-state index in [1.54, 1.807) is 0 Å². The van der Waals surface area contributed by atoms with Gasteiger partial charge in [0.25, 0.3) is 5.91 Å². The minimum atomic E-state index is -0.649. The van der Waals surface area contributed by atoms with Gasteiger partial charge in [-0.1, -0.05) is 24.8 Å². The van der Waals surface area contributed by atoms with Gasteiger partial charge in [0.05, 0.1) is 0 Å². The Morgan fingerprint density at radius 2 is 2.35 bits per heavy atom. The molecular weight excluding hydrogens is 332 g/mol. The molecule has 1 aromatic carbocycles. The van der Waals surface area contributed by atoms with Gasteiger partial charge in [-0.25, -0.2) is 0 Å². The molecule has 2 aliphatic carbocycles. The second kappa shape index (κ2) is 5.34. The summed E-state index contributed by atoms with van der Waals surface area (Å²) >= 11 is 0. The van der Waals surface area contributed by atoms with E-state index in [1.807, 2.05) is 12.1 Å². The number of nitrogens with zero attached hydrogens (tertiary/aromatic N) is 1. The lowest BCUT2D eigenvalue weighted by Gasteiger charge is -2.56. The fraction of sp³-hybridized carbons (Fsp3) is 0.450. The Kier molecular flexibility index (Phi) is 3.27. The average molecular weight is 354 g/mol. The third-order valence-corrected chi connectivity index (χ3v) is 6.58. The van der Waals surface area contributed by atoms with Gasteiger partial charge in [-0.2, -0.15) is 5.48 Å². The molecular formula is C20H22N2O4. The number of hydrogen-bond acceptors (Lipinski definition) is 5. The average Bonchev–Trinajstić information content (AvgIpc) is 3.00. The van der Waals surface area contributed by atoms with Crippen LogP contribution < -0.4 is 15.1 Å². The van der Waals surface area contributed by atoms with E-state index in [2.05, 4.69) is 36.1 Å². The van der Waals surface area contributed by atoms with Crippen molar-refractivity contribution in [1.82, 2.24) is 10.4 Å². The molecule has 1 aromatic rings. The molecule has 2 heterocycles. The molecule has 1 saturated heterocycles. The summed E-state index contributed by atoms with van der Waals surface area (Å²) in [5, 5.41) is 10.7. The fourth-order valence-corrected chi connectivity index (χ4v) is 5.46. The van der Waals surface area contributed by atoms with Gasteiger partial charge in [0.2, 0.25) is 0 Å². The van der Waals surface area contributed by atoms with Crippen LogP contribution in [0.3, 0.4) is 0 Å². The summed E-state index contributed by atoms with van der Waals surface area (Å²) in [5.41, 5.74) is 4.54. The number of rotatable bonds is 3. The van der Waals surface area contributed by atoms with Crippen LogP contribution in [-0.2, 0) is 16.6 Å². The van der Waals surface area contributed by atoms with Crippen molar-refractivity contribution in [2.75, 3.05) is 13.6 Å². The van der Waals surface area contributed by atoms with E-state index in [4.69, 9.17) is 9.57 Å². The van der Waals surface area contributed by atoms with Crippen molar-refractivity contribution in [2.24, 2.45) is 5.92 Å². The molecule has 0 radical (unpaired) electrons. The predicted molar refractivity (Wildman–Crippen MR) is 94.9 cm³/mol. The summed E-state index contributed by atoms with van der Waals surface area (Å²) in [6.45, 7) is 4.40. The van der Waals surface area contributed by atoms with Crippen molar-refractivity contribution in [2.45, 2.75) is 36.5 Å². The van der Waals surface area contributed by atoms with Crippen molar-refractivity contribution < 1.29 is 19.5 Å². The standard InChI is InChI=1S/C20H22N2O4/c1-3-16(24)21-26-15-7-4-11-10-13-12-5-6-14(23)19-20(12,8-9-22(13)2)17(11)18(15)25-19/h3-7,12-14,19,23H,1,8-10H2,2H3,(H,21,24)/t12-,13+,14-,19-,20-/m0/s1. The first kappa shape index (κ1) is 15.9. The van der Waals surface area contributed by atoms with Crippen molar-refractivity contribution in [3.8, 4) is 11.5 Å². The highest BCUT2D eigenvalue weighted by Gasteiger charge is 2.64. The molecule has 1 fully saturated rings. The number of hydrogen-bond donors (Lipinski definition) is 2. The zero-order valence-electron chi connectivity index (χ0n) is 14.6. The molecule has 26 heavy (non-hydrogen) atoms. The summed E-state index contributed by atoms with van der Waals surface area (Å²) in [5.74, 6) is 1.03. The lowest BCUT2D eigenvalue weighted by atomic mass is 9.53. The molecule has 0 aromatic heterocycles. The van der Waals surface area contributed by atoms with Gasteiger partial charge in [0, 0.05) is 22.9 Å². The fourth-order valence-electron chi connectivity index (χ4n) is 5.46. The number of ether oxygens (including phenoxy) is 1. The molecule has 2 bridgehead atoms. The number of likely N-dealkylation sites (N-methyl/N-ethyl adjacent to an activating group) is 1. The summed E-state index contributed by atoms with van der Waals surface area (Å²) in [6, 6.07) is 4.31. The van der Waals surface area contributed by atoms with Gasteiger partial charge in [-0.3, -0.25) is 4.79 Å². The van der Waals surface area contributed by atoms with E-state index < -0.39 is 12.0 Å². The highest BCUT2D eigenvalue weighted by molar-refractivity contribution is 5.86. The number of amides is 1. The lowest BCUT2D eigenvalue weighted by Crippen LogP contribution is -2.64. The molecule has 0 saturated carbocycles. The Balaban J connectivity index is 1.65. The van der Waals surface area contributed by atoms with Crippen LogP contribution in [0.2, 0.25) is 0 Å². The SMILES string of the molecule is C=CC(=O)NOc1ccc2c3c1O[C@H]1[C@@H](O)C=C[C@H]4[C@@H](C2)N(C)CC[C@@]341. The van der Waals surface area contributed by atoms with E-state index >= 15 is 0 Å². The molecule has 6 nitrogen and oxygen atoms in total. The first-order chi connectivity index (χ1) is 12.6. The van der Waals surface area contributed by atoms with Gasteiger partial charge in [-0.05, 0) is 44.1 Å². The number of likely N-dealkylation sites (tertiary alicyclic amines) is 1. The summed E-state index contributed by atoms with van der Waals surface area (Å²) in [4.78, 5) is 19.4. The Morgan fingerprint density at radius 3 is 3.15 bits per heavy atom. The number of aliphatic hydroxyl groups excluding tert-OH is 1. The van der Waals surface area contributed by atoms with E-state index in [0.717, 1.165) is 31.0 Å². The Morgan fingerprint density at radius 1 is 1.50 bits per heavy atom.